The van der Waals surface area contributed by atoms with Gasteiger partial charge in [0.1, 0.15) is 6.61 Å². The van der Waals surface area contributed by atoms with E-state index in [0.29, 0.717) is 29.7 Å². The molecule has 1 aromatic carbocycles. The number of nitrogens with one attached hydrogen (secondary N) is 1. The van der Waals surface area contributed by atoms with E-state index in [1.165, 1.54) is 0 Å². The number of hydrogen-bond donors (Lipinski definition) is 1. The summed E-state index contributed by atoms with van der Waals surface area (Å²) in [6.07, 6.45) is 1.56. The summed E-state index contributed by atoms with van der Waals surface area (Å²) in [5.41, 5.74) is 0.578. The maximum absolute atomic E-state index is 12.1. The number of benzene rings is 1. The summed E-state index contributed by atoms with van der Waals surface area (Å²) in [5, 5.41) is 2.74. The zero-order valence-corrected chi connectivity index (χ0v) is 15.9. The molecule has 0 aliphatic carbocycles. The van der Waals surface area contributed by atoms with Crippen molar-refractivity contribution in [2.75, 3.05) is 58.5 Å². The summed E-state index contributed by atoms with van der Waals surface area (Å²) in [6.45, 7) is 4.67. The number of anilines is 1. The van der Waals surface area contributed by atoms with Gasteiger partial charge in [-0.25, -0.2) is 4.98 Å². The van der Waals surface area contributed by atoms with E-state index in [-0.39, 0.29) is 12.5 Å². The Hall–Kier alpha value is -2.84. The lowest BCUT2D eigenvalue weighted by atomic mass is 10.3. The van der Waals surface area contributed by atoms with Gasteiger partial charge in [-0.2, -0.15) is 0 Å². The number of morpholine rings is 1. The average Bonchev–Trinajstić information content (AvgIpc) is 2.74. The van der Waals surface area contributed by atoms with Crippen molar-refractivity contribution in [3.8, 4) is 17.4 Å². The molecule has 150 valence electrons. The number of rotatable bonds is 9. The smallest absolute Gasteiger partial charge is 0.262 e. The molecule has 0 unspecified atom stereocenters. The zero-order valence-electron chi connectivity index (χ0n) is 15.9. The number of hydrogen-bond acceptors (Lipinski definition) is 7. The first-order valence-corrected chi connectivity index (χ1v) is 9.19. The van der Waals surface area contributed by atoms with Crippen molar-refractivity contribution in [1.82, 2.24) is 9.88 Å². The Morgan fingerprint density at radius 2 is 1.93 bits per heavy atom. The van der Waals surface area contributed by atoms with Crippen LogP contribution < -0.4 is 19.5 Å². The Bertz CT molecular complexity index is 748. The molecule has 3 rings (SSSR count). The number of ether oxygens (including phenoxy) is 4. The highest BCUT2D eigenvalue weighted by molar-refractivity contribution is 5.91. The quantitative estimate of drug-likeness (QED) is 0.703. The summed E-state index contributed by atoms with van der Waals surface area (Å²) in [7, 11) is 1.55. The Balaban J connectivity index is 1.40. The number of aromatic nitrogens is 1. The summed E-state index contributed by atoms with van der Waals surface area (Å²) in [5.74, 6) is 1.34. The first-order chi connectivity index (χ1) is 13.7. The predicted octanol–water partition coefficient (Wildman–Crippen LogP) is 1.82. The molecule has 1 aliphatic heterocycles. The van der Waals surface area contributed by atoms with Crippen LogP contribution in [0.15, 0.2) is 42.6 Å². The van der Waals surface area contributed by atoms with Crippen LogP contribution in [0.3, 0.4) is 0 Å². The lowest BCUT2D eigenvalue weighted by molar-refractivity contribution is -0.118. The van der Waals surface area contributed by atoms with Crippen LogP contribution in [0.5, 0.6) is 17.4 Å². The standard InChI is InChI=1S/C20H25N3O5/c1-25-17-4-2-3-5-18(17)28-15-19(24)22-16-6-7-20(21-14-16)27-13-10-23-8-11-26-12-9-23/h2-7,14H,8-13,15H2,1H3,(H,22,24). The number of nitrogens with zero attached hydrogens (tertiary/aromatic N) is 2. The predicted molar refractivity (Wildman–Crippen MR) is 104 cm³/mol. The van der Waals surface area contributed by atoms with Gasteiger partial charge >= 0.3 is 0 Å². The van der Waals surface area contributed by atoms with Gasteiger partial charge in [-0.05, 0) is 18.2 Å². The number of methoxy groups -OCH3 is 1. The lowest BCUT2D eigenvalue weighted by Gasteiger charge is -2.26. The lowest BCUT2D eigenvalue weighted by Crippen LogP contribution is -2.38. The van der Waals surface area contributed by atoms with Crippen molar-refractivity contribution in [2.45, 2.75) is 0 Å². The highest BCUT2D eigenvalue weighted by Crippen LogP contribution is 2.25. The maximum atomic E-state index is 12.1. The van der Waals surface area contributed by atoms with E-state index in [1.807, 2.05) is 12.1 Å². The molecule has 2 aromatic rings. The van der Waals surface area contributed by atoms with Gasteiger partial charge in [-0.1, -0.05) is 12.1 Å². The van der Waals surface area contributed by atoms with E-state index in [9.17, 15) is 4.79 Å². The van der Waals surface area contributed by atoms with Gasteiger partial charge in [0.05, 0.1) is 32.2 Å². The molecule has 1 amide bonds. The maximum Gasteiger partial charge on any atom is 0.262 e. The number of carbonyl (C=O) groups excluding carboxylic acids is 1. The van der Waals surface area contributed by atoms with Gasteiger partial charge in [-0.15, -0.1) is 0 Å². The van der Waals surface area contributed by atoms with Crippen LogP contribution in [-0.2, 0) is 9.53 Å². The minimum Gasteiger partial charge on any atom is -0.493 e. The van der Waals surface area contributed by atoms with Crippen molar-refractivity contribution in [2.24, 2.45) is 0 Å². The molecular weight excluding hydrogens is 362 g/mol. The van der Waals surface area contributed by atoms with Gasteiger partial charge in [-0.3, -0.25) is 9.69 Å². The van der Waals surface area contributed by atoms with Crippen LogP contribution in [0.25, 0.3) is 0 Å². The number of carbonyl (C=O) groups is 1. The molecule has 0 saturated carbocycles. The van der Waals surface area contributed by atoms with E-state index >= 15 is 0 Å². The second-order valence-corrected chi connectivity index (χ2v) is 6.18. The molecule has 0 bridgehead atoms. The van der Waals surface area contributed by atoms with E-state index < -0.39 is 0 Å². The van der Waals surface area contributed by atoms with E-state index in [1.54, 1.807) is 37.6 Å². The van der Waals surface area contributed by atoms with Crippen molar-refractivity contribution >= 4 is 11.6 Å². The van der Waals surface area contributed by atoms with Crippen molar-refractivity contribution in [3.63, 3.8) is 0 Å². The number of pyridine rings is 1. The summed E-state index contributed by atoms with van der Waals surface area (Å²) in [6, 6.07) is 10.7. The van der Waals surface area contributed by atoms with Crippen molar-refractivity contribution < 1.29 is 23.7 Å². The largest absolute Gasteiger partial charge is 0.493 e. The fourth-order valence-electron chi connectivity index (χ4n) is 2.72. The van der Waals surface area contributed by atoms with Gasteiger partial charge in [0.25, 0.3) is 5.91 Å². The molecular formula is C20H25N3O5. The third-order valence-electron chi connectivity index (χ3n) is 4.21. The van der Waals surface area contributed by atoms with Gasteiger partial charge in [0.15, 0.2) is 18.1 Å². The first-order valence-electron chi connectivity index (χ1n) is 9.19. The van der Waals surface area contributed by atoms with Crippen LogP contribution in [-0.4, -0.2) is 69.0 Å². The molecule has 1 aromatic heterocycles. The number of para-hydroxylation sites is 2. The Morgan fingerprint density at radius 3 is 2.64 bits per heavy atom. The molecule has 1 N–H and O–H groups in total. The molecule has 2 heterocycles. The minimum absolute atomic E-state index is 0.127. The Kier molecular flexibility index (Phi) is 7.45. The van der Waals surface area contributed by atoms with E-state index in [4.69, 9.17) is 18.9 Å². The molecule has 28 heavy (non-hydrogen) atoms. The molecule has 8 heteroatoms. The van der Waals surface area contributed by atoms with Crippen LogP contribution in [0.2, 0.25) is 0 Å². The van der Waals surface area contributed by atoms with Gasteiger partial charge in [0.2, 0.25) is 5.88 Å². The molecule has 8 nitrogen and oxygen atoms in total. The Morgan fingerprint density at radius 1 is 1.14 bits per heavy atom. The van der Waals surface area contributed by atoms with Gasteiger partial charge < -0.3 is 24.3 Å². The highest BCUT2D eigenvalue weighted by Gasteiger charge is 2.10. The monoisotopic (exact) mass is 387 g/mol. The molecule has 1 aliphatic rings. The van der Waals surface area contributed by atoms with E-state index in [0.717, 1.165) is 32.8 Å². The normalized spacial score (nSPS) is 14.3. The second-order valence-electron chi connectivity index (χ2n) is 6.18. The van der Waals surface area contributed by atoms with Crippen LogP contribution in [0.4, 0.5) is 5.69 Å². The third-order valence-corrected chi connectivity index (χ3v) is 4.21. The SMILES string of the molecule is COc1ccccc1OCC(=O)Nc1ccc(OCCN2CCOCC2)nc1. The summed E-state index contributed by atoms with van der Waals surface area (Å²) in [4.78, 5) is 18.6. The fourth-order valence-corrected chi connectivity index (χ4v) is 2.72. The van der Waals surface area contributed by atoms with Crippen molar-refractivity contribution in [3.05, 3.63) is 42.6 Å². The molecule has 1 fully saturated rings. The van der Waals surface area contributed by atoms with E-state index in [2.05, 4.69) is 15.2 Å². The third kappa shape index (κ3) is 6.11. The molecule has 0 atom stereocenters. The Labute approximate surface area is 164 Å². The summed E-state index contributed by atoms with van der Waals surface area (Å²) >= 11 is 0. The molecule has 0 radical (unpaired) electrons. The number of amides is 1. The fraction of sp³-hybridized carbons (Fsp3) is 0.400. The molecule has 1 saturated heterocycles. The van der Waals surface area contributed by atoms with Gasteiger partial charge in [0, 0.05) is 25.7 Å². The molecule has 0 spiro atoms. The zero-order chi connectivity index (χ0) is 19.6. The highest BCUT2D eigenvalue weighted by atomic mass is 16.5. The van der Waals surface area contributed by atoms with Crippen LogP contribution in [0, 0.1) is 0 Å². The average molecular weight is 387 g/mol. The minimum atomic E-state index is -0.284. The van der Waals surface area contributed by atoms with Crippen LogP contribution >= 0.6 is 0 Å². The van der Waals surface area contributed by atoms with Crippen molar-refractivity contribution in [1.29, 1.82) is 0 Å². The van der Waals surface area contributed by atoms with Crippen LogP contribution in [0.1, 0.15) is 0 Å². The topological polar surface area (TPSA) is 82.2 Å². The summed E-state index contributed by atoms with van der Waals surface area (Å²) < 4.78 is 21.7. The second kappa shape index (κ2) is 10.5. The first kappa shape index (κ1) is 19.9.